The van der Waals surface area contributed by atoms with Gasteiger partial charge in [0.15, 0.2) is 0 Å². The van der Waals surface area contributed by atoms with Gasteiger partial charge in [0.05, 0.1) is 5.60 Å². The largest absolute Gasteiger partial charge is 0.381 e. The Hall–Kier alpha value is -0.380. The summed E-state index contributed by atoms with van der Waals surface area (Å²) < 4.78 is 11.6. The Bertz CT molecular complexity index is 290. The van der Waals surface area contributed by atoms with Crippen LogP contribution in [0.4, 0.5) is 0 Å². The summed E-state index contributed by atoms with van der Waals surface area (Å²) in [6.07, 6.45) is 10.4. The predicted octanol–water partition coefficient (Wildman–Crippen LogP) is 3.15. The second kappa shape index (κ2) is 8.16. The van der Waals surface area contributed by atoms with Crippen LogP contribution in [-0.4, -0.2) is 38.5 Å². The summed E-state index contributed by atoms with van der Waals surface area (Å²) in [6.45, 7) is 9.37. The highest BCUT2D eigenvalue weighted by Gasteiger charge is 2.38. The molecule has 116 valence electrons. The number of nitrogens with one attached hydrogen (secondary N) is 1. The van der Waals surface area contributed by atoms with Crippen molar-refractivity contribution in [2.45, 2.75) is 51.6 Å². The molecule has 0 aromatic heterocycles. The van der Waals surface area contributed by atoms with E-state index in [1.54, 1.807) is 0 Å². The van der Waals surface area contributed by atoms with E-state index in [4.69, 9.17) is 9.47 Å². The zero-order valence-electron chi connectivity index (χ0n) is 13.2. The van der Waals surface area contributed by atoms with Crippen LogP contribution >= 0.6 is 0 Å². The zero-order valence-corrected chi connectivity index (χ0v) is 13.2. The number of ether oxygens (including phenoxy) is 2. The van der Waals surface area contributed by atoms with E-state index in [1.165, 1.54) is 12.8 Å². The van der Waals surface area contributed by atoms with Crippen molar-refractivity contribution in [2.75, 3.05) is 32.9 Å². The standard InChI is InChI=1S/C17H31NO2/c1-15(2)14-18-9-4-3-5-16-6-10-20-17(13-16)7-11-19-12-8-17/h3,5,15-16,18H,4,6-14H2,1-2H3/b5-3+. The van der Waals surface area contributed by atoms with Gasteiger partial charge < -0.3 is 14.8 Å². The van der Waals surface area contributed by atoms with Gasteiger partial charge in [-0.15, -0.1) is 0 Å². The Labute approximate surface area is 124 Å². The molecule has 1 atom stereocenters. The minimum Gasteiger partial charge on any atom is -0.381 e. The SMILES string of the molecule is CC(C)CNCC/C=C/C1CCOC2(CCOCC2)C1. The molecule has 2 aliphatic heterocycles. The van der Waals surface area contributed by atoms with Gasteiger partial charge in [0.2, 0.25) is 0 Å². The fraction of sp³-hybridized carbons (Fsp3) is 0.882. The lowest BCUT2D eigenvalue weighted by Gasteiger charge is -2.42. The Morgan fingerprint density at radius 1 is 1.25 bits per heavy atom. The summed E-state index contributed by atoms with van der Waals surface area (Å²) in [5, 5.41) is 3.49. The molecule has 1 unspecified atom stereocenters. The lowest BCUT2D eigenvalue weighted by Crippen LogP contribution is -2.44. The maximum atomic E-state index is 6.08. The van der Waals surface area contributed by atoms with Gasteiger partial charge in [-0.05, 0) is 57.0 Å². The molecule has 2 heterocycles. The number of rotatable bonds is 6. The van der Waals surface area contributed by atoms with Crippen molar-refractivity contribution in [3.63, 3.8) is 0 Å². The van der Waals surface area contributed by atoms with Crippen LogP contribution in [-0.2, 0) is 9.47 Å². The fourth-order valence-corrected chi connectivity index (χ4v) is 3.19. The highest BCUT2D eigenvalue weighted by Crippen LogP contribution is 2.37. The van der Waals surface area contributed by atoms with Crippen LogP contribution in [0.25, 0.3) is 0 Å². The molecule has 0 aliphatic carbocycles. The fourth-order valence-electron chi connectivity index (χ4n) is 3.19. The van der Waals surface area contributed by atoms with Gasteiger partial charge >= 0.3 is 0 Å². The molecule has 3 nitrogen and oxygen atoms in total. The summed E-state index contributed by atoms with van der Waals surface area (Å²) in [5.74, 6) is 1.44. The van der Waals surface area contributed by atoms with E-state index in [1.807, 2.05) is 0 Å². The van der Waals surface area contributed by atoms with Gasteiger partial charge in [-0.1, -0.05) is 26.0 Å². The smallest absolute Gasteiger partial charge is 0.0732 e. The third-order valence-electron chi connectivity index (χ3n) is 4.38. The normalized spacial score (nSPS) is 26.6. The van der Waals surface area contributed by atoms with Crippen molar-refractivity contribution < 1.29 is 9.47 Å². The average Bonchev–Trinajstić information content (AvgIpc) is 2.43. The van der Waals surface area contributed by atoms with Crippen LogP contribution < -0.4 is 5.32 Å². The molecule has 0 bridgehead atoms. The molecule has 2 saturated heterocycles. The Balaban J connectivity index is 1.67. The zero-order chi connectivity index (χ0) is 14.3. The molecule has 2 fully saturated rings. The molecule has 1 spiro atoms. The van der Waals surface area contributed by atoms with Gasteiger partial charge in [-0.2, -0.15) is 0 Å². The van der Waals surface area contributed by atoms with Crippen molar-refractivity contribution in [2.24, 2.45) is 11.8 Å². The Morgan fingerprint density at radius 3 is 2.80 bits per heavy atom. The van der Waals surface area contributed by atoms with E-state index < -0.39 is 0 Å². The molecule has 1 N–H and O–H groups in total. The molecular weight excluding hydrogens is 250 g/mol. The van der Waals surface area contributed by atoms with Crippen molar-refractivity contribution in [3.8, 4) is 0 Å². The first-order chi connectivity index (χ1) is 9.70. The van der Waals surface area contributed by atoms with Crippen molar-refractivity contribution in [1.82, 2.24) is 5.32 Å². The van der Waals surface area contributed by atoms with E-state index in [2.05, 4.69) is 31.3 Å². The van der Waals surface area contributed by atoms with Gasteiger partial charge in [-0.25, -0.2) is 0 Å². The molecule has 0 amide bonds. The maximum Gasteiger partial charge on any atom is 0.0732 e. The summed E-state index contributed by atoms with van der Waals surface area (Å²) >= 11 is 0. The Kier molecular flexibility index (Phi) is 6.53. The van der Waals surface area contributed by atoms with E-state index in [-0.39, 0.29) is 5.60 Å². The summed E-state index contributed by atoms with van der Waals surface area (Å²) in [5.41, 5.74) is 0.126. The minimum absolute atomic E-state index is 0.126. The maximum absolute atomic E-state index is 6.08. The van der Waals surface area contributed by atoms with Crippen LogP contribution in [0.15, 0.2) is 12.2 Å². The summed E-state index contributed by atoms with van der Waals surface area (Å²) in [7, 11) is 0. The highest BCUT2D eigenvalue weighted by molar-refractivity contribution is 4.97. The van der Waals surface area contributed by atoms with Gasteiger partial charge in [-0.3, -0.25) is 0 Å². The number of hydrogen-bond acceptors (Lipinski definition) is 3. The van der Waals surface area contributed by atoms with Gasteiger partial charge in [0.1, 0.15) is 0 Å². The molecule has 0 saturated carbocycles. The lowest BCUT2D eigenvalue weighted by molar-refractivity contribution is -0.141. The van der Waals surface area contributed by atoms with Crippen LogP contribution in [0.1, 0.15) is 46.0 Å². The summed E-state index contributed by atoms with van der Waals surface area (Å²) in [6, 6.07) is 0. The van der Waals surface area contributed by atoms with E-state index >= 15 is 0 Å². The predicted molar refractivity (Wildman–Crippen MR) is 82.9 cm³/mol. The Morgan fingerprint density at radius 2 is 2.05 bits per heavy atom. The average molecular weight is 281 g/mol. The van der Waals surface area contributed by atoms with E-state index in [0.717, 1.165) is 58.1 Å². The van der Waals surface area contributed by atoms with Crippen LogP contribution in [0.2, 0.25) is 0 Å². The third kappa shape index (κ3) is 5.19. The monoisotopic (exact) mass is 281 g/mol. The first-order valence-corrected chi connectivity index (χ1v) is 8.29. The highest BCUT2D eigenvalue weighted by atomic mass is 16.5. The topological polar surface area (TPSA) is 30.5 Å². The molecule has 2 rings (SSSR count). The van der Waals surface area contributed by atoms with Crippen LogP contribution in [0, 0.1) is 11.8 Å². The first kappa shape index (κ1) is 16.0. The molecule has 3 heteroatoms. The summed E-state index contributed by atoms with van der Waals surface area (Å²) in [4.78, 5) is 0. The third-order valence-corrected chi connectivity index (χ3v) is 4.38. The molecule has 20 heavy (non-hydrogen) atoms. The molecule has 0 radical (unpaired) electrons. The quantitative estimate of drug-likeness (QED) is 0.599. The number of hydrogen-bond donors (Lipinski definition) is 1. The van der Waals surface area contributed by atoms with Crippen LogP contribution in [0.3, 0.4) is 0 Å². The van der Waals surface area contributed by atoms with Crippen molar-refractivity contribution in [1.29, 1.82) is 0 Å². The minimum atomic E-state index is 0.126. The van der Waals surface area contributed by atoms with Crippen LogP contribution in [0.5, 0.6) is 0 Å². The van der Waals surface area contributed by atoms with E-state index in [9.17, 15) is 0 Å². The molecule has 0 aromatic rings. The van der Waals surface area contributed by atoms with Gasteiger partial charge in [0.25, 0.3) is 0 Å². The number of allylic oxidation sites excluding steroid dienone is 1. The van der Waals surface area contributed by atoms with E-state index in [0.29, 0.717) is 5.92 Å². The first-order valence-electron chi connectivity index (χ1n) is 8.29. The molecule has 2 aliphatic rings. The molecular formula is C17H31NO2. The van der Waals surface area contributed by atoms with Gasteiger partial charge in [0, 0.05) is 19.8 Å². The molecule has 0 aromatic carbocycles. The second-order valence-electron chi connectivity index (χ2n) is 6.71. The van der Waals surface area contributed by atoms with Crippen molar-refractivity contribution in [3.05, 3.63) is 12.2 Å². The van der Waals surface area contributed by atoms with Crippen molar-refractivity contribution >= 4 is 0 Å². The lowest BCUT2D eigenvalue weighted by atomic mass is 9.80. The second-order valence-corrected chi connectivity index (χ2v) is 6.71.